The molecular weight excluding hydrogens is 248 g/mol. The Morgan fingerprint density at radius 3 is 2.45 bits per heavy atom. The van der Waals surface area contributed by atoms with Crippen LogP contribution in [0.5, 0.6) is 0 Å². The highest BCUT2D eigenvalue weighted by Gasteiger charge is 2.16. The Bertz CT molecular complexity index is 372. The van der Waals surface area contributed by atoms with Crippen molar-refractivity contribution in [1.29, 1.82) is 0 Å². The van der Waals surface area contributed by atoms with E-state index in [1.54, 1.807) is 0 Å². The van der Waals surface area contributed by atoms with Crippen LogP contribution in [0.3, 0.4) is 0 Å². The number of esters is 1. The van der Waals surface area contributed by atoms with Gasteiger partial charge in [-0.15, -0.1) is 0 Å². The number of benzene rings is 1. The van der Waals surface area contributed by atoms with Crippen LogP contribution in [0.1, 0.15) is 64.4 Å². The third-order valence-electron chi connectivity index (χ3n) is 3.81. The molecule has 1 rings (SSSR count). The van der Waals surface area contributed by atoms with Gasteiger partial charge < -0.3 is 4.74 Å². The second kappa shape index (κ2) is 9.57. The van der Waals surface area contributed by atoms with Gasteiger partial charge in [0.05, 0.1) is 12.5 Å². The van der Waals surface area contributed by atoms with Gasteiger partial charge in [0.15, 0.2) is 0 Å². The molecule has 112 valence electrons. The van der Waals surface area contributed by atoms with Gasteiger partial charge in [0.25, 0.3) is 0 Å². The first kappa shape index (κ1) is 16.7. The molecule has 0 amide bonds. The third kappa shape index (κ3) is 6.23. The normalized spacial score (nSPS) is 13.8. The summed E-state index contributed by atoms with van der Waals surface area (Å²) in [4.78, 5) is 12.0. The summed E-state index contributed by atoms with van der Waals surface area (Å²) in [6.45, 7) is 6.91. The van der Waals surface area contributed by atoms with E-state index in [0.29, 0.717) is 12.5 Å². The van der Waals surface area contributed by atoms with E-state index in [9.17, 15) is 4.79 Å². The van der Waals surface area contributed by atoms with Crippen molar-refractivity contribution in [3.05, 3.63) is 35.9 Å². The molecule has 0 saturated carbocycles. The van der Waals surface area contributed by atoms with E-state index in [0.717, 1.165) is 12.0 Å². The van der Waals surface area contributed by atoms with Crippen molar-refractivity contribution in [2.24, 2.45) is 5.92 Å². The molecular formula is C18H28O2. The van der Waals surface area contributed by atoms with E-state index in [-0.39, 0.29) is 11.9 Å². The lowest BCUT2D eigenvalue weighted by atomic mass is 10.00. The fourth-order valence-corrected chi connectivity index (χ4v) is 2.25. The summed E-state index contributed by atoms with van der Waals surface area (Å²) >= 11 is 0. The van der Waals surface area contributed by atoms with Crippen LogP contribution in [0.4, 0.5) is 0 Å². The molecule has 2 heteroatoms. The first-order chi connectivity index (χ1) is 9.65. The molecule has 0 saturated heterocycles. The lowest BCUT2D eigenvalue weighted by Crippen LogP contribution is -2.15. The van der Waals surface area contributed by atoms with Gasteiger partial charge in [-0.05, 0) is 24.8 Å². The molecule has 20 heavy (non-hydrogen) atoms. The van der Waals surface area contributed by atoms with Crippen LogP contribution >= 0.6 is 0 Å². The van der Waals surface area contributed by atoms with E-state index in [1.807, 2.05) is 37.3 Å². The maximum absolute atomic E-state index is 12.0. The molecule has 0 aliphatic carbocycles. The van der Waals surface area contributed by atoms with E-state index >= 15 is 0 Å². The van der Waals surface area contributed by atoms with Crippen molar-refractivity contribution in [2.75, 3.05) is 6.61 Å². The van der Waals surface area contributed by atoms with E-state index in [1.165, 1.54) is 25.7 Å². The van der Waals surface area contributed by atoms with Gasteiger partial charge in [0.1, 0.15) is 0 Å². The lowest BCUT2D eigenvalue weighted by molar-refractivity contribution is -0.145. The average molecular weight is 276 g/mol. The number of hydrogen-bond donors (Lipinski definition) is 0. The topological polar surface area (TPSA) is 26.3 Å². The largest absolute Gasteiger partial charge is 0.465 e. The summed E-state index contributed by atoms with van der Waals surface area (Å²) in [5, 5.41) is 0. The van der Waals surface area contributed by atoms with E-state index < -0.39 is 0 Å². The second-order valence-corrected chi connectivity index (χ2v) is 5.69. The zero-order chi connectivity index (χ0) is 14.8. The Morgan fingerprint density at radius 2 is 1.80 bits per heavy atom. The van der Waals surface area contributed by atoms with Gasteiger partial charge in [-0.25, -0.2) is 0 Å². The Morgan fingerprint density at radius 1 is 1.10 bits per heavy atom. The number of carbonyl (C=O) groups is 1. The quantitative estimate of drug-likeness (QED) is 0.471. The minimum absolute atomic E-state index is 0.114. The summed E-state index contributed by atoms with van der Waals surface area (Å²) < 4.78 is 5.40. The molecule has 0 radical (unpaired) electrons. The van der Waals surface area contributed by atoms with Crippen LogP contribution in [0, 0.1) is 5.92 Å². The van der Waals surface area contributed by atoms with Crippen LogP contribution in [-0.4, -0.2) is 12.6 Å². The Kier molecular flexibility index (Phi) is 8.01. The first-order valence-corrected chi connectivity index (χ1v) is 7.86. The van der Waals surface area contributed by atoms with Crippen LogP contribution in [0.2, 0.25) is 0 Å². The highest BCUT2D eigenvalue weighted by molar-refractivity contribution is 5.77. The van der Waals surface area contributed by atoms with Gasteiger partial charge >= 0.3 is 5.97 Å². The number of carbonyl (C=O) groups excluding carboxylic acids is 1. The van der Waals surface area contributed by atoms with Gasteiger partial charge in [-0.3, -0.25) is 4.79 Å². The zero-order valence-corrected chi connectivity index (χ0v) is 13.1. The average Bonchev–Trinajstić information content (AvgIpc) is 2.47. The van der Waals surface area contributed by atoms with Gasteiger partial charge in [-0.1, -0.05) is 69.9 Å². The number of rotatable bonds is 9. The van der Waals surface area contributed by atoms with Crippen molar-refractivity contribution in [3.63, 3.8) is 0 Å². The first-order valence-electron chi connectivity index (χ1n) is 7.86. The third-order valence-corrected chi connectivity index (χ3v) is 3.81. The van der Waals surface area contributed by atoms with E-state index in [2.05, 4.69) is 13.8 Å². The highest BCUT2D eigenvalue weighted by atomic mass is 16.5. The van der Waals surface area contributed by atoms with Crippen molar-refractivity contribution < 1.29 is 9.53 Å². The minimum Gasteiger partial charge on any atom is -0.465 e. The van der Waals surface area contributed by atoms with Crippen molar-refractivity contribution in [1.82, 2.24) is 0 Å². The summed E-state index contributed by atoms with van der Waals surface area (Å²) in [6.07, 6.45) is 6.05. The lowest BCUT2D eigenvalue weighted by Gasteiger charge is -2.14. The number of unbranched alkanes of at least 4 members (excludes halogenated alkanes) is 2. The minimum atomic E-state index is -0.174. The summed E-state index contributed by atoms with van der Waals surface area (Å²) in [5.74, 6) is 0.352. The molecule has 1 aromatic rings. The Balaban J connectivity index is 2.23. The molecule has 0 aliphatic heterocycles. The van der Waals surface area contributed by atoms with Crippen LogP contribution < -0.4 is 0 Å². The van der Waals surface area contributed by atoms with Crippen LogP contribution in [0.25, 0.3) is 0 Å². The maximum Gasteiger partial charge on any atom is 0.313 e. The molecule has 2 atom stereocenters. The van der Waals surface area contributed by atoms with Gasteiger partial charge in [0, 0.05) is 0 Å². The molecule has 0 spiro atoms. The second-order valence-electron chi connectivity index (χ2n) is 5.69. The molecule has 0 heterocycles. The zero-order valence-electron chi connectivity index (χ0n) is 13.1. The molecule has 2 nitrogen and oxygen atoms in total. The van der Waals surface area contributed by atoms with E-state index in [4.69, 9.17) is 4.74 Å². The fraction of sp³-hybridized carbons (Fsp3) is 0.611. The van der Waals surface area contributed by atoms with Gasteiger partial charge in [0.2, 0.25) is 0 Å². The monoisotopic (exact) mass is 276 g/mol. The molecule has 2 unspecified atom stereocenters. The van der Waals surface area contributed by atoms with Crippen molar-refractivity contribution >= 4 is 5.97 Å². The molecule has 0 fully saturated rings. The maximum atomic E-state index is 12.0. The molecule has 0 N–H and O–H groups in total. The summed E-state index contributed by atoms with van der Waals surface area (Å²) in [7, 11) is 0. The molecule has 0 aromatic heterocycles. The summed E-state index contributed by atoms with van der Waals surface area (Å²) in [5.41, 5.74) is 1.02. The number of hydrogen-bond acceptors (Lipinski definition) is 2. The Labute approximate surface area is 123 Å². The van der Waals surface area contributed by atoms with Crippen molar-refractivity contribution in [3.8, 4) is 0 Å². The molecule has 0 aliphatic rings. The Hall–Kier alpha value is -1.31. The fourth-order valence-electron chi connectivity index (χ4n) is 2.25. The van der Waals surface area contributed by atoms with Crippen molar-refractivity contribution in [2.45, 2.75) is 58.8 Å². The molecule has 0 bridgehead atoms. The standard InChI is InChI=1S/C18H28O2/c1-4-5-7-10-15(2)13-14-20-18(19)16(3)17-11-8-6-9-12-17/h6,8-9,11-12,15-16H,4-5,7,10,13-14H2,1-3H3. The molecule has 1 aromatic carbocycles. The van der Waals surface area contributed by atoms with Gasteiger partial charge in [-0.2, -0.15) is 0 Å². The highest BCUT2D eigenvalue weighted by Crippen LogP contribution is 2.17. The smallest absolute Gasteiger partial charge is 0.313 e. The summed E-state index contributed by atoms with van der Waals surface area (Å²) in [6, 6.07) is 9.81. The number of ether oxygens (including phenoxy) is 1. The predicted molar refractivity (Wildman–Crippen MR) is 83.7 cm³/mol. The van der Waals surface area contributed by atoms with Crippen LogP contribution in [0.15, 0.2) is 30.3 Å². The van der Waals surface area contributed by atoms with Crippen LogP contribution in [-0.2, 0) is 9.53 Å². The SMILES string of the molecule is CCCCCC(C)CCOC(=O)C(C)c1ccccc1. The predicted octanol–water partition coefficient (Wildman–Crippen LogP) is 4.94.